The number of pyridine rings is 4. The molecule has 7 nitrogen and oxygen atoms in total. The minimum atomic E-state index is -1.19. The normalized spacial score (nSPS) is 11.0. The molecule has 1 N–H and O–H groups in total. The fourth-order valence-electron chi connectivity index (χ4n) is 3.17. The first-order valence-electron chi connectivity index (χ1n) is 9.98. The lowest BCUT2D eigenvalue weighted by molar-refractivity contribution is -0.0439. The van der Waals surface area contributed by atoms with Gasteiger partial charge >= 0.3 is 0 Å². The van der Waals surface area contributed by atoms with Crippen LogP contribution in [0.3, 0.4) is 0 Å². The lowest BCUT2D eigenvalue weighted by Gasteiger charge is -2.32. The molecule has 0 aliphatic carbocycles. The predicted molar refractivity (Wildman–Crippen MR) is 118 cm³/mol. The minimum Gasteiger partial charge on any atom is -0.344 e. The fourth-order valence-corrected chi connectivity index (χ4v) is 3.17. The second-order valence-electron chi connectivity index (χ2n) is 6.55. The third-order valence-electron chi connectivity index (χ3n) is 4.55. The average Bonchev–Trinajstić information content (AvgIpc) is 2.86. The molecule has 0 aliphatic rings. The maximum absolute atomic E-state index is 6.24. The van der Waals surface area contributed by atoms with Gasteiger partial charge in [0.05, 0.1) is 11.4 Å². The van der Waals surface area contributed by atoms with Gasteiger partial charge in [-0.2, -0.15) is 5.10 Å². The highest BCUT2D eigenvalue weighted by molar-refractivity contribution is 6.10. The largest absolute Gasteiger partial charge is 0.344 e. The van der Waals surface area contributed by atoms with Gasteiger partial charge in [0.1, 0.15) is 17.1 Å². The van der Waals surface area contributed by atoms with Gasteiger partial charge in [0.25, 0.3) is 0 Å². The van der Waals surface area contributed by atoms with E-state index in [-0.39, 0.29) is 0 Å². The zero-order chi connectivity index (χ0) is 21.4. The van der Waals surface area contributed by atoms with Crippen molar-refractivity contribution < 1.29 is 4.74 Å². The van der Waals surface area contributed by atoms with E-state index in [0.717, 1.165) is 0 Å². The van der Waals surface area contributed by atoms with Crippen LogP contribution in [0, 0.1) is 0 Å². The highest BCUT2D eigenvalue weighted by Crippen LogP contribution is 2.28. The van der Waals surface area contributed by atoms with Gasteiger partial charge in [-0.15, -0.1) is 0 Å². The molecular formula is C24H22N6O. The van der Waals surface area contributed by atoms with Crippen molar-refractivity contribution in [3.63, 3.8) is 0 Å². The zero-order valence-electron chi connectivity index (χ0n) is 17.1. The van der Waals surface area contributed by atoms with Gasteiger partial charge in [-0.25, -0.2) is 0 Å². The molecule has 154 valence electrons. The summed E-state index contributed by atoms with van der Waals surface area (Å²) in [6.45, 7) is 2.34. The van der Waals surface area contributed by atoms with Gasteiger partial charge in [0.15, 0.2) is 0 Å². The Balaban J connectivity index is 1.86. The molecule has 7 heteroatoms. The number of aromatic nitrogens is 4. The Kier molecular flexibility index (Phi) is 6.35. The molecule has 0 atom stereocenters. The monoisotopic (exact) mass is 410 g/mol. The van der Waals surface area contributed by atoms with Crippen LogP contribution < -0.4 is 5.43 Å². The molecule has 0 radical (unpaired) electrons. The van der Waals surface area contributed by atoms with Crippen molar-refractivity contribution in [1.29, 1.82) is 0 Å². The van der Waals surface area contributed by atoms with Crippen LogP contribution >= 0.6 is 0 Å². The SMILES string of the molecule is CCOC(NN=C(c1ccccn1)c1ccccn1)(c1ccccn1)c1ccccn1. The predicted octanol–water partition coefficient (Wildman–Crippen LogP) is 3.55. The summed E-state index contributed by atoms with van der Waals surface area (Å²) in [5.41, 5.74) is 5.26. The zero-order valence-corrected chi connectivity index (χ0v) is 17.1. The van der Waals surface area contributed by atoms with E-state index in [1.807, 2.05) is 79.7 Å². The maximum Gasteiger partial charge on any atom is 0.240 e. The van der Waals surface area contributed by atoms with Gasteiger partial charge in [-0.1, -0.05) is 24.3 Å². The Hall–Kier alpha value is -3.97. The summed E-state index contributed by atoms with van der Waals surface area (Å²) in [7, 11) is 0. The van der Waals surface area contributed by atoms with E-state index < -0.39 is 5.72 Å². The number of hydrogen-bond acceptors (Lipinski definition) is 7. The van der Waals surface area contributed by atoms with Crippen LogP contribution in [0.1, 0.15) is 29.7 Å². The third kappa shape index (κ3) is 4.46. The smallest absolute Gasteiger partial charge is 0.240 e. The topological polar surface area (TPSA) is 85.2 Å². The van der Waals surface area contributed by atoms with Gasteiger partial charge in [-0.05, 0) is 55.5 Å². The second-order valence-corrected chi connectivity index (χ2v) is 6.55. The lowest BCUT2D eigenvalue weighted by Crippen LogP contribution is -2.45. The number of nitrogens with one attached hydrogen (secondary N) is 1. The average molecular weight is 410 g/mol. The number of hydrogen-bond donors (Lipinski definition) is 1. The van der Waals surface area contributed by atoms with Crippen molar-refractivity contribution in [3.8, 4) is 0 Å². The summed E-state index contributed by atoms with van der Waals surface area (Å²) in [6, 6.07) is 22.6. The number of rotatable bonds is 8. The minimum absolute atomic E-state index is 0.415. The van der Waals surface area contributed by atoms with Crippen molar-refractivity contribution in [2.75, 3.05) is 6.61 Å². The molecule has 4 rings (SSSR count). The van der Waals surface area contributed by atoms with Crippen molar-refractivity contribution in [3.05, 3.63) is 120 Å². The van der Waals surface area contributed by atoms with Crippen LogP contribution in [0.15, 0.2) is 103 Å². The number of nitrogens with zero attached hydrogens (tertiary/aromatic N) is 5. The summed E-state index contributed by atoms with van der Waals surface area (Å²) in [4.78, 5) is 18.0. The molecular weight excluding hydrogens is 388 g/mol. The quantitative estimate of drug-likeness (QED) is 0.272. The standard InChI is InChI=1S/C24H22N6O/c1-2-31-24(21-13-5-9-17-27-21,22-14-6-10-18-28-22)30-29-23(19-11-3-7-15-25-19)20-12-4-8-16-26-20/h3-18,30H,2H2,1H3. The molecule has 0 aromatic carbocycles. The third-order valence-corrected chi connectivity index (χ3v) is 4.55. The van der Waals surface area contributed by atoms with Gasteiger partial charge in [-0.3, -0.25) is 25.4 Å². The van der Waals surface area contributed by atoms with Gasteiger partial charge in [0, 0.05) is 31.4 Å². The first kappa shape index (κ1) is 20.3. The van der Waals surface area contributed by atoms with E-state index in [0.29, 0.717) is 35.1 Å². The Morgan fingerprint density at radius 3 is 1.61 bits per heavy atom. The summed E-state index contributed by atoms with van der Waals surface area (Å²) in [5, 5.41) is 4.74. The Labute approximate surface area is 180 Å². The van der Waals surface area contributed by atoms with Crippen molar-refractivity contribution >= 4 is 5.71 Å². The molecule has 0 fully saturated rings. The van der Waals surface area contributed by atoms with Crippen molar-refractivity contribution in [2.24, 2.45) is 5.10 Å². The fraction of sp³-hybridized carbons (Fsp3) is 0.125. The van der Waals surface area contributed by atoms with E-state index in [4.69, 9.17) is 9.84 Å². The number of ether oxygens (including phenoxy) is 1. The van der Waals surface area contributed by atoms with Crippen LogP contribution in [-0.4, -0.2) is 32.3 Å². The molecule has 0 spiro atoms. The van der Waals surface area contributed by atoms with Crippen LogP contribution in [0.25, 0.3) is 0 Å². The highest BCUT2D eigenvalue weighted by atomic mass is 16.5. The molecule has 31 heavy (non-hydrogen) atoms. The Bertz CT molecular complexity index is 1020. The number of hydrazone groups is 1. The molecule has 4 aromatic heterocycles. The van der Waals surface area contributed by atoms with Gasteiger partial charge < -0.3 is 4.74 Å². The van der Waals surface area contributed by atoms with Gasteiger partial charge in [0.2, 0.25) is 5.72 Å². The Morgan fingerprint density at radius 2 is 1.23 bits per heavy atom. The van der Waals surface area contributed by atoms with E-state index in [9.17, 15) is 0 Å². The van der Waals surface area contributed by atoms with Crippen LogP contribution in [0.4, 0.5) is 0 Å². The molecule has 0 aliphatic heterocycles. The summed E-state index contributed by atoms with van der Waals surface area (Å²) < 4.78 is 6.24. The Morgan fingerprint density at radius 1 is 0.742 bits per heavy atom. The molecule has 4 aromatic rings. The summed E-state index contributed by atoms with van der Waals surface area (Å²) >= 11 is 0. The molecule has 0 bridgehead atoms. The van der Waals surface area contributed by atoms with Crippen LogP contribution in [0.2, 0.25) is 0 Å². The molecule has 0 amide bonds. The summed E-state index contributed by atoms with van der Waals surface area (Å²) in [6.07, 6.45) is 6.88. The molecule has 0 saturated carbocycles. The van der Waals surface area contributed by atoms with Crippen LogP contribution in [0.5, 0.6) is 0 Å². The molecule has 0 unspecified atom stereocenters. The first-order chi connectivity index (χ1) is 15.3. The highest BCUT2D eigenvalue weighted by Gasteiger charge is 2.38. The lowest BCUT2D eigenvalue weighted by atomic mass is 10.0. The van der Waals surface area contributed by atoms with Crippen LogP contribution in [-0.2, 0) is 10.5 Å². The van der Waals surface area contributed by atoms with E-state index in [1.54, 1.807) is 24.8 Å². The van der Waals surface area contributed by atoms with Crippen molar-refractivity contribution in [2.45, 2.75) is 12.6 Å². The molecule has 0 saturated heterocycles. The van der Waals surface area contributed by atoms with E-state index in [2.05, 4.69) is 25.4 Å². The van der Waals surface area contributed by atoms with E-state index in [1.165, 1.54) is 0 Å². The maximum atomic E-state index is 6.24. The second kappa shape index (κ2) is 9.69. The molecule has 4 heterocycles. The van der Waals surface area contributed by atoms with Crippen molar-refractivity contribution in [1.82, 2.24) is 25.4 Å². The first-order valence-corrected chi connectivity index (χ1v) is 9.98. The summed E-state index contributed by atoms with van der Waals surface area (Å²) in [5.74, 6) is 0. The van der Waals surface area contributed by atoms with E-state index >= 15 is 0 Å².